The molecule has 0 heterocycles. The summed E-state index contributed by atoms with van der Waals surface area (Å²) in [4.78, 5) is 0. The van der Waals surface area contributed by atoms with Gasteiger partial charge in [-0.25, -0.2) is 0 Å². The molecule has 204 valence electrons. The molecular weight excluding hydrogens is 484 g/mol. The van der Waals surface area contributed by atoms with E-state index in [0.717, 1.165) is 12.8 Å². The molecule has 3 atom stereocenters. The maximum absolute atomic E-state index is 11.1. The number of hydrogen-bond acceptors (Lipinski definition) is 3. The maximum atomic E-state index is 11.1. The fourth-order valence-corrected chi connectivity index (χ4v) is 10.1. The van der Waals surface area contributed by atoms with Gasteiger partial charge in [0.05, 0.1) is 18.8 Å². The fourth-order valence-electron chi connectivity index (χ4n) is 5.30. The number of ether oxygens (including phenoxy) is 1. The second kappa shape index (κ2) is 14.6. The summed E-state index contributed by atoms with van der Waals surface area (Å²) >= 11 is 0. The Balaban J connectivity index is 1.79. The average molecular weight is 531 g/mol. The van der Waals surface area contributed by atoms with E-state index in [2.05, 4.69) is 107 Å². The molecule has 0 aromatic heterocycles. The summed E-state index contributed by atoms with van der Waals surface area (Å²) in [7, 11) is -2.72. The van der Waals surface area contributed by atoms with Gasteiger partial charge in [-0.05, 0) is 52.6 Å². The number of benzene rings is 3. The van der Waals surface area contributed by atoms with Crippen LogP contribution in [0.1, 0.15) is 58.9 Å². The van der Waals surface area contributed by atoms with Gasteiger partial charge in [0.15, 0.2) is 0 Å². The van der Waals surface area contributed by atoms with Crippen LogP contribution in [0.3, 0.4) is 0 Å². The van der Waals surface area contributed by atoms with Gasteiger partial charge < -0.3 is 14.3 Å². The highest BCUT2D eigenvalue weighted by Gasteiger charge is 2.51. The van der Waals surface area contributed by atoms with Gasteiger partial charge in [0.25, 0.3) is 8.32 Å². The molecular formula is C34H46O3Si. The van der Waals surface area contributed by atoms with Crippen molar-refractivity contribution in [1.82, 2.24) is 0 Å². The third-order valence-corrected chi connectivity index (χ3v) is 12.4. The highest BCUT2D eigenvalue weighted by molar-refractivity contribution is 6.99. The molecule has 3 aromatic rings. The van der Waals surface area contributed by atoms with E-state index in [1.807, 2.05) is 24.3 Å². The Labute approximate surface area is 231 Å². The van der Waals surface area contributed by atoms with Crippen molar-refractivity contribution in [2.45, 2.75) is 77.2 Å². The molecule has 0 saturated heterocycles. The van der Waals surface area contributed by atoms with Crippen molar-refractivity contribution in [3.05, 3.63) is 109 Å². The van der Waals surface area contributed by atoms with E-state index in [1.54, 1.807) is 0 Å². The van der Waals surface area contributed by atoms with Crippen molar-refractivity contribution in [2.24, 2.45) is 5.92 Å². The molecule has 0 spiro atoms. The summed E-state index contributed by atoms with van der Waals surface area (Å²) in [5.41, 5.74) is 1.17. The molecule has 4 heteroatoms. The molecule has 0 aliphatic heterocycles. The SMILES string of the molecule is C=CC[C@H](C)[C@@H](C[C@H](O)CCCOCc1ccccc1)O[Si](c1ccccc1)(c1ccccc1)C(C)(C)C. The van der Waals surface area contributed by atoms with Crippen LogP contribution in [0, 0.1) is 5.92 Å². The zero-order valence-corrected chi connectivity index (χ0v) is 24.7. The first-order valence-electron chi connectivity index (χ1n) is 14.0. The fraction of sp³-hybridized carbons (Fsp3) is 0.412. The highest BCUT2D eigenvalue weighted by atomic mass is 28.4. The zero-order chi connectivity index (χ0) is 27.4. The number of hydrogen-bond donors (Lipinski definition) is 1. The van der Waals surface area contributed by atoms with E-state index < -0.39 is 14.4 Å². The second-order valence-electron chi connectivity index (χ2n) is 11.4. The predicted octanol–water partition coefficient (Wildman–Crippen LogP) is 6.89. The second-order valence-corrected chi connectivity index (χ2v) is 15.6. The lowest BCUT2D eigenvalue weighted by Gasteiger charge is -2.46. The molecule has 0 radical (unpaired) electrons. The largest absolute Gasteiger partial charge is 0.404 e. The van der Waals surface area contributed by atoms with Crippen LogP contribution in [0.2, 0.25) is 5.04 Å². The lowest BCUT2D eigenvalue weighted by molar-refractivity contribution is 0.0462. The lowest BCUT2D eigenvalue weighted by atomic mass is 9.95. The Morgan fingerprint density at radius 3 is 1.89 bits per heavy atom. The van der Waals surface area contributed by atoms with E-state index in [9.17, 15) is 5.11 Å². The van der Waals surface area contributed by atoms with Gasteiger partial charge in [0.2, 0.25) is 0 Å². The van der Waals surface area contributed by atoms with Crippen molar-refractivity contribution in [1.29, 1.82) is 0 Å². The smallest absolute Gasteiger partial charge is 0.261 e. The standard InChI is InChI=1S/C34H46O3Si/c1-6-17-28(2)33(26-30(35)20-16-25-36-27-29-18-10-7-11-19-29)37-38(34(3,4)5,31-21-12-8-13-22-31)32-23-14-9-15-24-32/h6-15,18-19,21-24,28,30,33,35H,1,16-17,20,25-27H2,2-5H3/t28-,30+,33+/m0/s1. The molecule has 3 rings (SSSR count). The van der Waals surface area contributed by atoms with Crippen molar-refractivity contribution in [2.75, 3.05) is 6.61 Å². The molecule has 0 unspecified atom stereocenters. The molecule has 0 bridgehead atoms. The Bertz CT molecular complexity index is 1020. The van der Waals surface area contributed by atoms with E-state index in [-0.39, 0.29) is 17.1 Å². The van der Waals surface area contributed by atoms with Gasteiger partial charge in [-0.2, -0.15) is 0 Å². The summed E-state index contributed by atoms with van der Waals surface area (Å²) in [6.45, 7) is 14.4. The van der Waals surface area contributed by atoms with Crippen LogP contribution in [0.15, 0.2) is 104 Å². The minimum Gasteiger partial charge on any atom is -0.404 e. The first kappa shape index (κ1) is 30.0. The van der Waals surface area contributed by atoms with Gasteiger partial charge in [0, 0.05) is 6.61 Å². The molecule has 0 aliphatic rings. The summed E-state index contributed by atoms with van der Waals surface area (Å²) in [6, 6.07) is 31.7. The van der Waals surface area contributed by atoms with Crippen molar-refractivity contribution >= 4 is 18.7 Å². The summed E-state index contributed by atoms with van der Waals surface area (Å²) in [6.07, 6.45) is 4.36. The van der Waals surface area contributed by atoms with Crippen LogP contribution in [0.25, 0.3) is 0 Å². The average Bonchev–Trinajstić information content (AvgIpc) is 2.92. The lowest BCUT2D eigenvalue weighted by Crippen LogP contribution is -2.68. The summed E-state index contributed by atoms with van der Waals surface area (Å²) in [5, 5.41) is 13.6. The molecule has 3 nitrogen and oxygen atoms in total. The van der Waals surface area contributed by atoms with Crippen molar-refractivity contribution in [3.63, 3.8) is 0 Å². The van der Waals surface area contributed by atoms with Crippen LogP contribution in [-0.4, -0.2) is 32.2 Å². The Morgan fingerprint density at radius 1 is 0.868 bits per heavy atom. The van der Waals surface area contributed by atoms with Crippen molar-refractivity contribution < 1.29 is 14.3 Å². The normalized spacial score (nSPS) is 14.6. The topological polar surface area (TPSA) is 38.7 Å². The number of allylic oxidation sites excluding steroid dienone is 1. The minimum absolute atomic E-state index is 0.0976. The number of aliphatic hydroxyl groups excluding tert-OH is 1. The predicted molar refractivity (Wildman–Crippen MR) is 162 cm³/mol. The Kier molecular flexibility index (Phi) is 11.5. The molecule has 3 aromatic carbocycles. The van der Waals surface area contributed by atoms with Crippen LogP contribution in [0.5, 0.6) is 0 Å². The molecule has 1 N–H and O–H groups in total. The van der Waals surface area contributed by atoms with E-state index in [4.69, 9.17) is 9.16 Å². The van der Waals surface area contributed by atoms with E-state index in [0.29, 0.717) is 26.1 Å². The summed E-state index contributed by atoms with van der Waals surface area (Å²) < 4.78 is 13.3. The van der Waals surface area contributed by atoms with Crippen LogP contribution >= 0.6 is 0 Å². The van der Waals surface area contributed by atoms with Crippen LogP contribution in [0.4, 0.5) is 0 Å². The van der Waals surface area contributed by atoms with Gasteiger partial charge in [-0.1, -0.05) is 125 Å². The molecule has 38 heavy (non-hydrogen) atoms. The van der Waals surface area contributed by atoms with Crippen molar-refractivity contribution in [3.8, 4) is 0 Å². The quantitative estimate of drug-likeness (QED) is 0.132. The van der Waals surface area contributed by atoms with E-state index >= 15 is 0 Å². The molecule has 0 aliphatic carbocycles. The van der Waals surface area contributed by atoms with Gasteiger partial charge in [0.1, 0.15) is 0 Å². The number of aliphatic hydroxyl groups is 1. The zero-order valence-electron chi connectivity index (χ0n) is 23.7. The Morgan fingerprint density at radius 2 is 1.39 bits per heavy atom. The van der Waals surface area contributed by atoms with Crippen LogP contribution < -0.4 is 10.4 Å². The monoisotopic (exact) mass is 530 g/mol. The van der Waals surface area contributed by atoms with Crippen LogP contribution in [-0.2, 0) is 15.8 Å². The maximum Gasteiger partial charge on any atom is 0.261 e. The minimum atomic E-state index is -2.72. The summed E-state index contributed by atoms with van der Waals surface area (Å²) in [5.74, 6) is 0.234. The molecule has 0 saturated carbocycles. The first-order chi connectivity index (χ1) is 18.3. The molecule has 0 fully saturated rings. The first-order valence-corrected chi connectivity index (χ1v) is 15.9. The van der Waals surface area contributed by atoms with Gasteiger partial charge in [-0.3, -0.25) is 0 Å². The number of rotatable bonds is 15. The third kappa shape index (κ3) is 8.00. The Hall–Kier alpha value is -2.50. The molecule has 0 amide bonds. The third-order valence-electron chi connectivity index (χ3n) is 7.36. The van der Waals surface area contributed by atoms with Gasteiger partial charge in [-0.15, -0.1) is 6.58 Å². The van der Waals surface area contributed by atoms with E-state index in [1.165, 1.54) is 15.9 Å². The highest BCUT2D eigenvalue weighted by Crippen LogP contribution is 2.39. The van der Waals surface area contributed by atoms with Gasteiger partial charge >= 0.3 is 0 Å².